The van der Waals surface area contributed by atoms with E-state index in [-0.39, 0.29) is 10.8 Å². The zero-order valence-corrected chi connectivity index (χ0v) is 19.1. The van der Waals surface area contributed by atoms with Crippen LogP contribution in [-0.2, 0) is 10.0 Å². The SMILES string of the molecule is Cc1oc(C)c(C(=O)Nc2cccc(S(=O)(=O)N=C3CCCCCN3C)c2)c1Br. The first-order valence-electron chi connectivity index (χ1n) is 9.41. The second-order valence-corrected chi connectivity index (χ2v) is 9.50. The number of likely N-dealkylation sites (tertiary alicyclic amines) is 1. The van der Waals surface area contributed by atoms with Crippen LogP contribution < -0.4 is 5.32 Å². The first kappa shape index (κ1) is 21.6. The Morgan fingerprint density at radius 2 is 1.97 bits per heavy atom. The molecule has 0 radical (unpaired) electrons. The number of rotatable bonds is 4. The third kappa shape index (κ3) is 4.90. The van der Waals surface area contributed by atoms with Crippen molar-refractivity contribution >= 4 is 43.4 Å². The summed E-state index contributed by atoms with van der Waals surface area (Å²) in [5.41, 5.74) is 0.756. The Balaban J connectivity index is 1.86. The molecule has 7 nitrogen and oxygen atoms in total. The zero-order valence-electron chi connectivity index (χ0n) is 16.7. The van der Waals surface area contributed by atoms with Crippen LogP contribution in [0.5, 0.6) is 0 Å². The van der Waals surface area contributed by atoms with E-state index in [4.69, 9.17) is 4.42 Å². The van der Waals surface area contributed by atoms with Gasteiger partial charge in [0.25, 0.3) is 15.9 Å². The van der Waals surface area contributed by atoms with Crippen molar-refractivity contribution in [3.05, 3.63) is 45.8 Å². The van der Waals surface area contributed by atoms with Gasteiger partial charge >= 0.3 is 0 Å². The molecule has 0 aliphatic carbocycles. The molecule has 3 rings (SSSR count). The predicted molar refractivity (Wildman–Crippen MR) is 116 cm³/mol. The number of carbonyl (C=O) groups is 1. The Kier molecular flexibility index (Phi) is 6.48. The van der Waals surface area contributed by atoms with E-state index in [0.717, 1.165) is 25.8 Å². The first-order valence-corrected chi connectivity index (χ1v) is 11.6. The average Bonchev–Trinajstić information content (AvgIpc) is 2.79. The smallest absolute Gasteiger partial charge is 0.284 e. The molecule has 1 aliphatic rings. The summed E-state index contributed by atoms with van der Waals surface area (Å²) >= 11 is 3.36. The van der Waals surface area contributed by atoms with E-state index < -0.39 is 10.0 Å². The lowest BCUT2D eigenvalue weighted by molar-refractivity contribution is 0.102. The molecule has 0 saturated carbocycles. The van der Waals surface area contributed by atoms with Crippen LogP contribution in [0.25, 0.3) is 0 Å². The van der Waals surface area contributed by atoms with Crippen LogP contribution in [0.3, 0.4) is 0 Å². The van der Waals surface area contributed by atoms with Crippen LogP contribution in [-0.4, -0.2) is 38.7 Å². The second kappa shape index (κ2) is 8.71. The van der Waals surface area contributed by atoms with Crippen LogP contribution in [0.4, 0.5) is 5.69 Å². The largest absolute Gasteiger partial charge is 0.465 e. The maximum Gasteiger partial charge on any atom is 0.284 e. The summed E-state index contributed by atoms with van der Waals surface area (Å²) in [7, 11) is -2.01. The van der Waals surface area contributed by atoms with E-state index in [1.165, 1.54) is 12.1 Å². The lowest BCUT2D eigenvalue weighted by atomic mass is 10.2. The number of amidine groups is 1. The van der Waals surface area contributed by atoms with Gasteiger partial charge in [0.15, 0.2) is 0 Å². The zero-order chi connectivity index (χ0) is 21.2. The van der Waals surface area contributed by atoms with E-state index in [9.17, 15) is 13.2 Å². The first-order chi connectivity index (χ1) is 13.7. The van der Waals surface area contributed by atoms with Gasteiger partial charge in [-0.05, 0) is 60.8 Å². The van der Waals surface area contributed by atoms with Crippen molar-refractivity contribution in [1.29, 1.82) is 0 Å². The molecule has 156 valence electrons. The number of nitrogens with zero attached hydrogens (tertiary/aromatic N) is 2. The van der Waals surface area contributed by atoms with Crippen LogP contribution in [0.1, 0.15) is 47.6 Å². The fourth-order valence-corrected chi connectivity index (χ4v) is 4.96. The molecule has 29 heavy (non-hydrogen) atoms. The van der Waals surface area contributed by atoms with Crippen molar-refractivity contribution in [2.75, 3.05) is 18.9 Å². The summed E-state index contributed by atoms with van der Waals surface area (Å²) in [6.07, 6.45) is 3.65. The minimum atomic E-state index is -3.88. The molecule has 1 N–H and O–H groups in total. The molecule has 9 heteroatoms. The summed E-state index contributed by atoms with van der Waals surface area (Å²) in [6.45, 7) is 4.25. The van der Waals surface area contributed by atoms with Gasteiger partial charge in [-0.15, -0.1) is 4.40 Å². The molecule has 1 aromatic carbocycles. The molecular formula is C20H24BrN3O4S. The number of benzene rings is 1. The Labute approximate surface area is 179 Å². The van der Waals surface area contributed by atoms with Gasteiger partial charge < -0.3 is 14.6 Å². The lowest BCUT2D eigenvalue weighted by Crippen LogP contribution is -2.26. The van der Waals surface area contributed by atoms with Crippen molar-refractivity contribution < 1.29 is 17.6 Å². The van der Waals surface area contributed by atoms with Crippen molar-refractivity contribution in [2.24, 2.45) is 4.40 Å². The molecule has 0 unspecified atom stereocenters. The fraction of sp³-hybridized carbons (Fsp3) is 0.400. The van der Waals surface area contributed by atoms with Gasteiger partial charge in [0.05, 0.1) is 14.9 Å². The summed E-state index contributed by atoms with van der Waals surface area (Å²) in [4.78, 5) is 14.6. The van der Waals surface area contributed by atoms with Crippen LogP contribution in [0.15, 0.2) is 42.4 Å². The Morgan fingerprint density at radius 3 is 2.66 bits per heavy atom. The maximum atomic E-state index is 12.8. The average molecular weight is 482 g/mol. The third-order valence-electron chi connectivity index (χ3n) is 4.86. The topological polar surface area (TPSA) is 92.0 Å². The minimum Gasteiger partial charge on any atom is -0.465 e. The van der Waals surface area contributed by atoms with Gasteiger partial charge in [-0.2, -0.15) is 8.42 Å². The molecule has 1 fully saturated rings. The van der Waals surface area contributed by atoms with Crippen molar-refractivity contribution in [3.8, 4) is 0 Å². The highest BCUT2D eigenvalue weighted by atomic mass is 79.9. The van der Waals surface area contributed by atoms with Crippen LogP contribution >= 0.6 is 15.9 Å². The molecule has 2 heterocycles. The number of hydrogen-bond acceptors (Lipinski definition) is 4. The maximum absolute atomic E-state index is 12.8. The summed E-state index contributed by atoms with van der Waals surface area (Å²) in [6, 6.07) is 6.12. The molecule has 2 aromatic rings. The second-order valence-electron chi connectivity index (χ2n) is 7.10. The number of hydrogen-bond donors (Lipinski definition) is 1. The Hall–Kier alpha value is -2.13. The number of anilines is 1. The number of aryl methyl sites for hydroxylation is 2. The van der Waals surface area contributed by atoms with Gasteiger partial charge in [-0.3, -0.25) is 4.79 Å². The molecular weight excluding hydrogens is 458 g/mol. The number of amides is 1. The van der Waals surface area contributed by atoms with E-state index >= 15 is 0 Å². The minimum absolute atomic E-state index is 0.0413. The van der Waals surface area contributed by atoms with Crippen molar-refractivity contribution in [3.63, 3.8) is 0 Å². The predicted octanol–water partition coefficient (Wildman–Crippen LogP) is 4.50. The highest BCUT2D eigenvalue weighted by molar-refractivity contribution is 9.10. The van der Waals surface area contributed by atoms with Gasteiger partial charge in [0.2, 0.25) is 0 Å². The molecule has 1 saturated heterocycles. The highest BCUT2D eigenvalue weighted by Gasteiger charge is 2.22. The number of nitrogens with one attached hydrogen (secondary N) is 1. The van der Waals surface area contributed by atoms with E-state index in [0.29, 0.717) is 39.5 Å². The number of halogens is 1. The summed E-state index contributed by atoms with van der Waals surface area (Å²) in [5.74, 6) is 1.28. The Morgan fingerprint density at radius 1 is 1.21 bits per heavy atom. The van der Waals surface area contributed by atoms with Crippen LogP contribution in [0.2, 0.25) is 0 Å². The Bertz CT molecular complexity index is 1060. The number of carbonyl (C=O) groups excluding carboxylic acids is 1. The lowest BCUT2D eigenvalue weighted by Gasteiger charge is -2.17. The van der Waals surface area contributed by atoms with E-state index in [1.54, 1.807) is 26.0 Å². The molecule has 0 bridgehead atoms. The molecule has 0 atom stereocenters. The number of furan rings is 1. The van der Waals surface area contributed by atoms with E-state index in [2.05, 4.69) is 25.6 Å². The van der Waals surface area contributed by atoms with Gasteiger partial charge in [0.1, 0.15) is 17.4 Å². The third-order valence-corrected chi connectivity index (χ3v) is 7.12. The number of sulfonamides is 1. The van der Waals surface area contributed by atoms with Gasteiger partial charge in [-0.25, -0.2) is 0 Å². The normalized spacial score (nSPS) is 16.7. The van der Waals surface area contributed by atoms with Crippen LogP contribution in [0, 0.1) is 13.8 Å². The summed E-state index contributed by atoms with van der Waals surface area (Å²) in [5, 5.41) is 2.74. The summed E-state index contributed by atoms with van der Waals surface area (Å²) < 4.78 is 35.8. The fourth-order valence-electron chi connectivity index (χ4n) is 3.28. The van der Waals surface area contributed by atoms with Gasteiger partial charge in [0, 0.05) is 25.7 Å². The van der Waals surface area contributed by atoms with E-state index in [1.807, 2.05) is 11.9 Å². The highest BCUT2D eigenvalue weighted by Crippen LogP contribution is 2.28. The molecule has 1 amide bonds. The monoisotopic (exact) mass is 481 g/mol. The quantitative estimate of drug-likeness (QED) is 0.693. The van der Waals surface area contributed by atoms with Crippen molar-refractivity contribution in [2.45, 2.75) is 44.4 Å². The molecule has 1 aliphatic heterocycles. The molecule has 1 aromatic heterocycles. The standard InChI is InChI=1S/C20H24BrN3O4S/c1-13-18(19(21)14(2)28-13)20(25)22-15-8-7-9-16(12-15)29(26,27)23-17-10-5-4-6-11-24(17)3/h7-9,12H,4-6,10-11H2,1-3H3,(H,22,25). The van der Waals surface area contributed by atoms with Gasteiger partial charge in [-0.1, -0.05) is 12.5 Å². The van der Waals surface area contributed by atoms with Crippen molar-refractivity contribution in [1.82, 2.24) is 4.90 Å². The molecule has 0 spiro atoms.